The summed E-state index contributed by atoms with van der Waals surface area (Å²) < 4.78 is 21.0. The second kappa shape index (κ2) is 6.88. The Hall–Kier alpha value is -0.940. The lowest BCUT2D eigenvalue weighted by atomic mass is 10.2. The third-order valence-corrected chi connectivity index (χ3v) is 4.45. The number of thioether (sulfide) groups is 1. The molecule has 2 unspecified atom stereocenters. The van der Waals surface area contributed by atoms with Gasteiger partial charge in [-0.3, -0.25) is 0 Å². The Balaban J connectivity index is 2.55. The van der Waals surface area contributed by atoms with Crippen LogP contribution in [-0.2, 0) is 6.54 Å². The maximum Gasteiger partial charge on any atom is 0.167 e. The Morgan fingerprint density at radius 2 is 2.14 bits per heavy atom. The first kappa shape index (κ1) is 16.4. The molecule has 116 valence electrons. The summed E-state index contributed by atoms with van der Waals surface area (Å²) in [4.78, 5) is 4.49. The standard InChI is InChI=1S/C15H20ClFN2OS/c1-9(8-21-4)7-19-13-6-14(20-3)11(17)5-12(13)18-15(19)10(2)16/h5-6,9-10H,7-8H2,1-4H3. The highest BCUT2D eigenvalue weighted by molar-refractivity contribution is 7.98. The molecule has 0 amide bonds. The van der Waals surface area contributed by atoms with Crippen LogP contribution >= 0.6 is 23.4 Å². The molecule has 0 aliphatic heterocycles. The molecule has 0 N–H and O–H groups in total. The van der Waals surface area contributed by atoms with Gasteiger partial charge in [-0.2, -0.15) is 11.8 Å². The second-order valence-corrected chi connectivity index (χ2v) is 6.80. The van der Waals surface area contributed by atoms with E-state index >= 15 is 0 Å². The minimum Gasteiger partial charge on any atom is -0.494 e. The van der Waals surface area contributed by atoms with E-state index in [4.69, 9.17) is 16.3 Å². The van der Waals surface area contributed by atoms with Gasteiger partial charge in [0.15, 0.2) is 11.6 Å². The van der Waals surface area contributed by atoms with Crippen LogP contribution in [0.3, 0.4) is 0 Å². The molecule has 2 aromatic rings. The zero-order valence-corrected chi connectivity index (χ0v) is 14.3. The normalized spacial score (nSPS) is 14.4. The van der Waals surface area contributed by atoms with Crippen LogP contribution in [0.5, 0.6) is 5.75 Å². The Labute approximate surface area is 133 Å². The Morgan fingerprint density at radius 1 is 1.43 bits per heavy atom. The third-order valence-electron chi connectivity index (χ3n) is 3.35. The van der Waals surface area contributed by atoms with Crippen molar-refractivity contribution in [2.75, 3.05) is 19.1 Å². The average molecular weight is 331 g/mol. The van der Waals surface area contributed by atoms with Crippen molar-refractivity contribution in [3.8, 4) is 5.75 Å². The van der Waals surface area contributed by atoms with Gasteiger partial charge in [0.1, 0.15) is 5.82 Å². The number of benzene rings is 1. The van der Waals surface area contributed by atoms with Gasteiger partial charge in [-0.25, -0.2) is 9.37 Å². The zero-order chi connectivity index (χ0) is 15.6. The summed E-state index contributed by atoms with van der Waals surface area (Å²) in [6, 6.07) is 3.11. The second-order valence-electron chi connectivity index (χ2n) is 5.23. The minimum absolute atomic E-state index is 0.229. The van der Waals surface area contributed by atoms with Crippen molar-refractivity contribution in [3.05, 3.63) is 23.8 Å². The highest BCUT2D eigenvalue weighted by Gasteiger charge is 2.19. The number of aromatic nitrogens is 2. The molecule has 0 radical (unpaired) electrons. The van der Waals surface area contributed by atoms with E-state index in [0.29, 0.717) is 11.4 Å². The Bertz CT molecular complexity index is 630. The van der Waals surface area contributed by atoms with Crippen LogP contribution in [0.4, 0.5) is 4.39 Å². The number of methoxy groups -OCH3 is 1. The molecule has 21 heavy (non-hydrogen) atoms. The van der Waals surface area contributed by atoms with Gasteiger partial charge in [0, 0.05) is 18.7 Å². The van der Waals surface area contributed by atoms with Crippen LogP contribution in [-0.4, -0.2) is 28.7 Å². The average Bonchev–Trinajstić information content (AvgIpc) is 2.76. The number of alkyl halides is 1. The third kappa shape index (κ3) is 3.46. The highest BCUT2D eigenvalue weighted by atomic mass is 35.5. The first-order valence-corrected chi connectivity index (χ1v) is 8.67. The van der Waals surface area contributed by atoms with Gasteiger partial charge in [-0.1, -0.05) is 6.92 Å². The molecule has 0 spiro atoms. The summed E-state index contributed by atoms with van der Waals surface area (Å²) in [6.07, 6.45) is 2.09. The number of halogens is 2. The van der Waals surface area contributed by atoms with Crippen LogP contribution in [0.1, 0.15) is 25.0 Å². The topological polar surface area (TPSA) is 27.1 Å². The fourth-order valence-corrected chi connectivity index (χ4v) is 3.29. The molecule has 0 fully saturated rings. The first-order chi connectivity index (χ1) is 9.97. The molecule has 2 atom stereocenters. The van der Waals surface area contributed by atoms with Crippen molar-refractivity contribution in [1.29, 1.82) is 0 Å². The predicted octanol–water partition coefficient (Wildman–Crippen LogP) is 4.48. The Morgan fingerprint density at radius 3 is 2.71 bits per heavy atom. The van der Waals surface area contributed by atoms with Crippen LogP contribution in [0.2, 0.25) is 0 Å². The van der Waals surface area contributed by atoms with Gasteiger partial charge in [0.2, 0.25) is 0 Å². The molecular weight excluding hydrogens is 311 g/mol. The van der Waals surface area contributed by atoms with Gasteiger partial charge >= 0.3 is 0 Å². The van der Waals surface area contributed by atoms with Crippen LogP contribution < -0.4 is 4.74 Å². The summed E-state index contributed by atoms with van der Waals surface area (Å²) >= 11 is 8.05. The number of nitrogens with zero attached hydrogens (tertiary/aromatic N) is 2. The SMILES string of the molecule is COc1cc2c(cc1F)nc(C(C)Cl)n2CC(C)CSC. The zero-order valence-electron chi connectivity index (χ0n) is 12.7. The van der Waals surface area contributed by atoms with Crippen LogP contribution in [0.15, 0.2) is 12.1 Å². The molecule has 1 aromatic carbocycles. The van der Waals surface area contributed by atoms with Gasteiger partial charge in [0.05, 0.1) is 23.5 Å². The quantitative estimate of drug-likeness (QED) is 0.730. The van der Waals surface area contributed by atoms with Crippen LogP contribution in [0.25, 0.3) is 11.0 Å². The number of hydrogen-bond donors (Lipinski definition) is 0. The molecule has 6 heteroatoms. The lowest BCUT2D eigenvalue weighted by molar-refractivity contribution is 0.387. The van der Waals surface area contributed by atoms with E-state index in [0.717, 1.165) is 23.6 Å². The van der Waals surface area contributed by atoms with Crippen molar-refractivity contribution in [3.63, 3.8) is 0 Å². The molecule has 1 aromatic heterocycles. The summed E-state index contributed by atoms with van der Waals surface area (Å²) in [5.41, 5.74) is 1.48. The molecule has 0 bridgehead atoms. The number of hydrogen-bond acceptors (Lipinski definition) is 3. The van der Waals surface area contributed by atoms with E-state index in [-0.39, 0.29) is 11.1 Å². The van der Waals surface area contributed by atoms with E-state index < -0.39 is 5.82 Å². The van der Waals surface area contributed by atoms with Gasteiger partial charge in [-0.05, 0) is 24.9 Å². The summed E-state index contributed by atoms with van der Waals surface area (Å²) in [5, 5.41) is -0.229. The fourth-order valence-electron chi connectivity index (χ4n) is 2.45. The number of ether oxygens (including phenoxy) is 1. The fraction of sp³-hybridized carbons (Fsp3) is 0.533. The van der Waals surface area contributed by atoms with Crippen molar-refractivity contribution in [2.45, 2.75) is 25.8 Å². The van der Waals surface area contributed by atoms with E-state index in [1.807, 2.05) is 18.7 Å². The lowest BCUT2D eigenvalue weighted by Gasteiger charge is -2.15. The molecule has 0 saturated heterocycles. The van der Waals surface area contributed by atoms with Gasteiger partial charge in [-0.15, -0.1) is 11.6 Å². The maximum atomic E-state index is 13.8. The molecule has 0 aliphatic rings. The molecule has 1 heterocycles. The van der Waals surface area contributed by atoms with Crippen LogP contribution in [0, 0.1) is 11.7 Å². The number of imidazole rings is 1. The summed E-state index contributed by atoms with van der Waals surface area (Å²) in [6.45, 7) is 4.87. The number of rotatable bonds is 6. The van der Waals surface area contributed by atoms with E-state index in [9.17, 15) is 4.39 Å². The van der Waals surface area contributed by atoms with E-state index in [2.05, 4.69) is 22.7 Å². The largest absolute Gasteiger partial charge is 0.494 e. The van der Waals surface area contributed by atoms with Crippen molar-refractivity contribution in [1.82, 2.24) is 9.55 Å². The first-order valence-electron chi connectivity index (χ1n) is 6.84. The lowest BCUT2D eigenvalue weighted by Crippen LogP contribution is -2.13. The van der Waals surface area contributed by atoms with Gasteiger partial charge < -0.3 is 9.30 Å². The summed E-state index contributed by atoms with van der Waals surface area (Å²) in [7, 11) is 1.46. The van der Waals surface area contributed by atoms with Gasteiger partial charge in [0.25, 0.3) is 0 Å². The monoisotopic (exact) mass is 330 g/mol. The number of fused-ring (bicyclic) bond motifs is 1. The smallest absolute Gasteiger partial charge is 0.167 e. The van der Waals surface area contributed by atoms with Crippen molar-refractivity contribution in [2.24, 2.45) is 5.92 Å². The Kier molecular flexibility index (Phi) is 5.38. The molecule has 0 saturated carbocycles. The maximum absolute atomic E-state index is 13.8. The van der Waals surface area contributed by atoms with Crippen molar-refractivity contribution >= 4 is 34.4 Å². The molecule has 3 nitrogen and oxygen atoms in total. The van der Waals surface area contributed by atoms with E-state index in [1.165, 1.54) is 13.2 Å². The highest BCUT2D eigenvalue weighted by Crippen LogP contribution is 2.30. The minimum atomic E-state index is -0.402. The molecule has 0 aliphatic carbocycles. The molecule has 2 rings (SSSR count). The van der Waals surface area contributed by atoms with Crippen molar-refractivity contribution < 1.29 is 9.13 Å². The summed E-state index contributed by atoms with van der Waals surface area (Å²) in [5.74, 6) is 2.12. The predicted molar refractivity (Wildman–Crippen MR) is 88.1 cm³/mol. The van der Waals surface area contributed by atoms with E-state index in [1.54, 1.807) is 6.07 Å². The molecular formula is C15H20ClFN2OS.